The molecule has 1 atom stereocenters. The first-order valence-corrected chi connectivity index (χ1v) is 17.6. The molecule has 40 heavy (non-hydrogen) atoms. The molecule has 0 aromatic heterocycles. The Balaban J connectivity index is 0.00000161. The molecule has 0 heterocycles. The minimum atomic E-state index is -2.69. The monoisotopic (exact) mass is 636 g/mol. The van der Waals surface area contributed by atoms with Crippen LogP contribution in [-0.4, -0.2) is 3.21 Å². The molecule has 0 amide bonds. The standard InChI is InChI=1S/C13H9.C13H10.C11H11.2ClH.Zr/c1-3-7-12-10(5-1)9-11-6-2-4-8-13(11)12;1-3-7-12(8-4-1)11-13-9-5-2-6-10-13;1-8-3-5-10-6-4-9(2)11(10)7-8;;;/h1-9H;1-10H;3-7H,1-2H3;2*1H;. The van der Waals surface area contributed by atoms with Gasteiger partial charge in [-0.2, -0.15) is 0 Å². The maximum atomic E-state index is 2.63. The zero-order valence-electron chi connectivity index (χ0n) is 22.7. The molecule has 0 N–H and O–H groups in total. The average molecular weight is 639 g/mol. The van der Waals surface area contributed by atoms with Crippen molar-refractivity contribution in [3.05, 3.63) is 172 Å². The van der Waals surface area contributed by atoms with Gasteiger partial charge in [0.2, 0.25) is 0 Å². The van der Waals surface area contributed by atoms with Gasteiger partial charge in [-0.15, -0.1) is 24.8 Å². The predicted octanol–water partition coefficient (Wildman–Crippen LogP) is 9.95. The number of benzene rings is 5. The Labute approximate surface area is 257 Å². The predicted molar refractivity (Wildman–Crippen MR) is 172 cm³/mol. The zero-order valence-corrected chi connectivity index (χ0v) is 26.8. The van der Waals surface area contributed by atoms with Gasteiger partial charge in [0, 0.05) is 0 Å². The second-order valence-electron chi connectivity index (χ2n) is 10.6. The van der Waals surface area contributed by atoms with Crippen LogP contribution in [0.25, 0.3) is 16.7 Å². The first-order chi connectivity index (χ1) is 18.7. The van der Waals surface area contributed by atoms with Gasteiger partial charge in [0.05, 0.1) is 0 Å². The Morgan fingerprint density at radius 2 is 1.02 bits per heavy atom. The summed E-state index contributed by atoms with van der Waals surface area (Å²) in [5.74, 6) is 0. The van der Waals surface area contributed by atoms with E-state index in [2.05, 4.69) is 147 Å². The molecular weight excluding hydrogens is 607 g/mol. The number of hydrogen-bond acceptors (Lipinski definition) is 0. The molecule has 0 saturated carbocycles. The largest absolute Gasteiger partial charge is 0.147 e. The smallest absolute Gasteiger partial charge is 0.147 e. The molecule has 0 saturated heterocycles. The molecule has 0 fully saturated rings. The molecule has 7 rings (SSSR count). The summed E-state index contributed by atoms with van der Waals surface area (Å²) in [5, 5.41) is 0. The summed E-state index contributed by atoms with van der Waals surface area (Å²) in [5.41, 5.74) is 14.5. The summed E-state index contributed by atoms with van der Waals surface area (Å²) < 4.78 is 2.53. The summed E-state index contributed by atoms with van der Waals surface area (Å²) in [7, 11) is 0. The van der Waals surface area contributed by atoms with Gasteiger partial charge in [-0.05, 0) is 0 Å². The number of rotatable bonds is 4. The van der Waals surface area contributed by atoms with Crippen molar-refractivity contribution in [2.45, 2.75) is 21.1 Å². The molecule has 0 aliphatic heterocycles. The number of aryl methyl sites for hydroxylation is 1. The van der Waals surface area contributed by atoms with Crippen LogP contribution in [0.4, 0.5) is 0 Å². The topological polar surface area (TPSA) is 0 Å². The van der Waals surface area contributed by atoms with Gasteiger partial charge < -0.3 is 0 Å². The number of halogens is 2. The molecule has 1 unspecified atom stereocenters. The van der Waals surface area contributed by atoms with E-state index in [0.717, 1.165) is 0 Å². The van der Waals surface area contributed by atoms with E-state index in [1.54, 1.807) is 3.21 Å². The van der Waals surface area contributed by atoms with Crippen LogP contribution in [0.2, 0.25) is 0 Å². The molecule has 2 aliphatic rings. The first kappa shape index (κ1) is 28.7. The maximum Gasteiger partial charge on any atom is -0.147 e. The van der Waals surface area contributed by atoms with E-state index in [1.165, 1.54) is 55.6 Å². The summed E-state index contributed by atoms with van der Waals surface area (Å²) in [6.07, 6.45) is 2.63. The Kier molecular flexibility index (Phi) is 8.58. The maximum absolute atomic E-state index is 2.69. The van der Waals surface area contributed by atoms with Crippen LogP contribution >= 0.6 is 24.8 Å². The molecule has 3 heteroatoms. The summed E-state index contributed by atoms with van der Waals surface area (Å²) in [6, 6.07) is 48.1. The van der Waals surface area contributed by atoms with Crippen LogP contribution in [0.5, 0.6) is 0 Å². The molecule has 2 aliphatic carbocycles. The second-order valence-corrected chi connectivity index (χ2v) is 17.0. The quantitative estimate of drug-likeness (QED) is 0.184. The molecule has 0 spiro atoms. The van der Waals surface area contributed by atoms with Crippen molar-refractivity contribution in [1.82, 2.24) is 0 Å². The fraction of sp³-hybridized carbons (Fsp3) is 0.108. The summed E-state index contributed by atoms with van der Waals surface area (Å²) in [6.45, 7) is 4.54. The summed E-state index contributed by atoms with van der Waals surface area (Å²) >= 11 is -2.69. The molecule has 0 nitrogen and oxygen atoms in total. The Morgan fingerprint density at radius 1 is 0.525 bits per heavy atom. The van der Waals surface area contributed by atoms with Crippen molar-refractivity contribution < 1.29 is 21.3 Å². The van der Waals surface area contributed by atoms with Gasteiger partial charge in [0.25, 0.3) is 0 Å². The Hall–Kier alpha value is -2.83. The number of allylic oxidation sites excluding steroid dienone is 2. The minimum absolute atomic E-state index is 0. The van der Waals surface area contributed by atoms with Gasteiger partial charge in [-0.1, -0.05) is 0 Å². The van der Waals surface area contributed by atoms with E-state index in [0.29, 0.717) is 7.25 Å². The van der Waals surface area contributed by atoms with Crippen molar-refractivity contribution in [3.63, 3.8) is 0 Å². The third-order valence-electron chi connectivity index (χ3n) is 8.28. The van der Waals surface area contributed by atoms with Crippen molar-refractivity contribution in [1.29, 1.82) is 0 Å². The molecule has 0 radical (unpaired) electrons. The van der Waals surface area contributed by atoms with E-state index in [-0.39, 0.29) is 24.8 Å². The summed E-state index contributed by atoms with van der Waals surface area (Å²) in [4.78, 5) is 0. The third kappa shape index (κ3) is 4.83. The van der Waals surface area contributed by atoms with Crippen molar-refractivity contribution in [3.8, 4) is 11.1 Å². The van der Waals surface area contributed by atoms with Gasteiger partial charge >= 0.3 is 235 Å². The van der Waals surface area contributed by atoms with Crippen molar-refractivity contribution >= 4 is 33.6 Å². The SMILES string of the molecule is CC1=C[CH]([Zr](=[C](c2ccccc2)c2ccccc2)[CH]2c3ccccc3-c3ccccc32)c2ccc(C)cc21.Cl.Cl. The fourth-order valence-corrected chi connectivity index (χ4v) is 16.8. The zero-order chi connectivity index (χ0) is 25.6. The van der Waals surface area contributed by atoms with Crippen LogP contribution in [0.1, 0.15) is 53.1 Å². The average Bonchev–Trinajstić information content (AvgIpc) is 3.47. The molecule has 5 aromatic rings. The van der Waals surface area contributed by atoms with Gasteiger partial charge in [0.1, 0.15) is 0 Å². The normalized spacial score (nSPS) is 14.7. The number of fused-ring (bicyclic) bond motifs is 4. The molecule has 198 valence electrons. The van der Waals surface area contributed by atoms with Crippen LogP contribution < -0.4 is 0 Å². The van der Waals surface area contributed by atoms with E-state index in [1.807, 2.05) is 0 Å². The third-order valence-corrected chi connectivity index (χ3v) is 17.0. The first-order valence-electron chi connectivity index (χ1n) is 13.5. The van der Waals surface area contributed by atoms with Crippen LogP contribution in [-0.2, 0) is 21.3 Å². The minimum Gasteiger partial charge on any atom is -0.147 e. The Morgan fingerprint density at radius 3 is 1.57 bits per heavy atom. The second kappa shape index (κ2) is 12.0. The van der Waals surface area contributed by atoms with Crippen molar-refractivity contribution in [2.24, 2.45) is 0 Å². The molecule has 5 aromatic carbocycles. The van der Waals surface area contributed by atoms with Crippen LogP contribution in [0.3, 0.4) is 0 Å². The molecule has 0 bridgehead atoms. The Bertz CT molecular complexity index is 1650. The molecular formula is C37H32Cl2Zr. The van der Waals surface area contributed by atoms with E-state index >= 15 is 0 Å². The van der Waals surface area contributed by atoms with Gasteiger partial charge in [0.15, 0.2) is 0 Å². The van der Waals surface area contributed by atoms with E-state index in [9.17, 15) is 0 Å². The fourth-order valence-electron chi connectivity index (χ4n) is 6.65. The van der Waals surface area contributed by atoms with Gasteiger partial charge in [-0.3, -0.25) is 0 Å². The van der Waals surface area contributed by atoms with Gasteiger partial charge in [-0.25, -0.2) is 0 Å². The van der Waals surface area contributed by atoms with Crippen LogP contribution in [0.15, 0.2) is 133 Å². The van der Waals surface area contributed by atoms with Crippen LogP contribution in [0, 0.1) is 6.92 Å². The van der Waals surface area contributed by atoms with E-state index < -0.39 is 21.3 Å². The van der Waals surface area contributed by atoms with Crippen molar-refractivity contribution in [2.75, 3.05) is 0 Å². The van der Waals surface area contributed by atoms with E-state index in [4.69, 9.17) is 0 Å². The number of hydrogen-bond donors (Lipinski definition) is 0.